The quantitative estimate of drug-likeness (QED) is 0.595. The van der Waals surface area contributed by atoms with Crippen molar-refractivity contribution >= 4 is 11.8 Å². The standard InChI is InChI=1S/C14H21N5S/c1-12(8-9-13-6-4-3-5-7-13)15-10-11-20-14-16-17-18-19(14)2/h3-7,12,15H,8-11H2,1-2H3/t12-/m1/s1. The SMILES string of the molecule is C[C@H](CCc1ccccc1)NCCSc1nnnn1C. The van der Waals surface area contributed by atoms with Crippen LogP contribution < -0.4 is 5.32 Å². The zero-order valence-electron chi connectivity index (χ0n) is 12.0. The van der Waals surface area contributed by atoms with E-state index in [-0.39, 0.29) is 0 Å². The van der Waals surface area contributed by atoms with Crippen LogP contribution in [0.15, 0.2) is 35.5 Å². The number of tetrazole rings is 1. The van der Waals surface area contributed by atoms with Crippen molar-refractivity contribution in [2.45, 2.75) is 31.0 Å². The fourth-order valence-electron chi connectivity index (χ4n) is 1.92. The van der Waals surface area contributed by atoms with Crippen LogP contribution in [-0.4, -0.2) is 38.5 Å². The molecule has 0 bridgehead atoms. The molecular weight excluding hydrogens is 270 g/mol. The van der Waals surface area contributed by atoms with Crippen LogP contribution in [0, 0.1) is 0 Å². The van der Waals surface area contributed by atoms with Crippen LogP contribution in [0.2, 0.25) is 0 Å². The molecule has 0 aliphatic carbocycles. The van der Waals surface area contributed by atoms with Crippen molar-refractivity contribution in [1.29, 1.82) is 0 Å². The van der Waals surface area contributed by atoms with Crippen molar-refractivity contribution in [2.75, 3.05) is 12.3 Å². The lowest BCUT2D eigenvalue weighted by molar-refractivity contribution is 0.532. The fraction of sp³-hybridized carbons (Fsp3) is 0.500. The van der Waals surface area contributed by atoms with Crippen LogP contribution in [0.25, 0.3) is 0 Å². The van der Waals surface area contributed by atoms with Gasteiger partial charge in [0.15, 0.2) is 0 Å². The van der Waals surface area contributed by atoms with Gasteiger partial charge in [-0.05, 0) is 35.8 Å². The number of aryl methyl sites for hydroxylation is 2. The van der Waals surface area contributed by atoms with Gasteiger partial charge in [-0.1, -0.05) is 42.1 Å². The number of aromatic nitrogens is 4. The Bertz CT molecular complexity index is 499. The summed E-state index contributed by atoms with van der Waals surface area (Å²) in [6.07, 6.45) is 2.27. The maximum Gasteiger partial charge on any atom is 0.209 e. The smallest absolute Gasteiger partial charge is 0.209 e. The van der Waals surface area contributed by atoms with E-state index < -0.39 is 0 Å². The summed E-state index contributed by atoms with van der Waals surface area (Å²) >= 11 is 1.67. The van der Waals surface area contributed by atoms with E-state index >= 15 is 0 Å². The van der Waals surface area contributed by atoms with Gasteiger partial charge in [0.05, 0.1) is 0 Å². The number of nitrogens with zero attached hydrogens (tertiary/aromatic N) is 4. The third-order valence-electron chi connectivity index (χ3n) is 3.12. The largest absolute Gasteiger partial charge is 0.313 e. The Morgan fingerprint density at radius 1 is 1.30 bits per heavy atom. The highest BCUT2D eigenvalue weighted by atomic mass is 32.2. The molecule has 0 amide bonds. The minimum absolute atomic E-state index is 0.522. The van der Waals surface area contributed by atoms with Gasteiger partial charge in [-0.3, -0.25) is 0 Å². The summed E-state index contributed by atoms with van der Waals surface area (Å²) in [7, 11) is 1.86. The minimum Gasteiger partial charge on any atom is -0.313 e. The molecule has 0 aliphatic rings. The highest BCUT2D eigenvalue weighted by molar-refractivity contribution is 7.99. The highest BCUT2D eigenvalue weighted by Crippen LogP contribution is 2.11. The number of nitrogens with one attached hydrogen (secondary N) is 1. The van der Waals surface area contributed by atoms with Gasteiger partial charge in [0, 0.05) is 25.4 Å². The predicted octanol–water partition coefficient (Wildman–Crippen LogP) is 1.91. The van der Waals surface area contributed by atoms with Crippen molar-refractivity contribution in [2.24, 2.45) is 7.05 Å². The first kappa shape index (κ1) is 15.0. The molecule has 108 valence electrons. The lowest BCUT2D eigenvalue weighted by Gasteiger charge is -2.13. The Kier molecular flexibility index (Phi) is 6.01. The summed E-state index contributed by atoms with van der Waals surface area (Å²) in [6.45, 7) is 3.20. The lowest BCUT2D eigenvalue weighted by Crippen LogP contribution is -2.28. The van der Waals surface area contributed by atoms with E-state index in [0.717, 1.165) is 30.3 Å². The molecule has 0 radical (unpaired) electrons. The average molecular weight is 291 g/mol. The first-order valence-corrected chi connectivity index (χ1v) is 7.86. The van der Waals surface area contributed by atoms with E-state index in [1.165, 1.54) is 5.56 Å². The monoisotopic (exact) mass is 291 g/mol. The van der Waals surface area contributed by atoms with E-state index in [0.29, 0.717) is 6.04 Å². The van der Waals surface area contributed by atoms with Crippen LogP contribution in [0.1, 0.15) is 18.9 Å². The molecule has 2 aromatic rings. The molecule has 1 aromatic carbocycles. The van der Waals surface area contributed by atoms with Crippen molar-refractivity contribution in [3.05, 3.63) is 35.9 Å². The van der Waals surface area contributed by atoms with E-state index in [1.807, 2.05) is 7.05 Å². The number of hydrogen-bond donors (Lipinski definition) is 1. The minimum atomic E-state index is 0.522. The molecule has 0 aliphatic heterocycles. The second kappa shape index (κ2) is 8.01. The first-order chi connectivity index (χ1) is 9.75. The molecule has 1 N–H and O–H groups in total. The molecule has 0 saturated heterocycles. The number of benzene rings is 1. The normalized spacial score (nSPS) is 12.5. The summed E-state index contributed by atoms with van der Waals surface area (Å²) in [5.41, 5.74) is 1.40. The van der Waals surface area contributed by atoms with Crippen molar-refractivity contribution < 1.29 is 0 Å². The zero-order chi connectivity index (χ0) is 14.2. The Hall–Kier alpha value is -1.40. The van der Waals surface area contributed by atoms with Gasteiger partial charge in [0.25, 0.3) is 0 Å². The molecule has 0 spiro atoms. The fourth-order valence-corrected chi connectivity index (χ4v) is 2.64. The molecule has 2 rings (SSSR count). The van der Waals surface area contributed by atoms with E-state index in [4.69, 9.17) is 0 Å². The van der Waals surface area contributed by atoms with Gasteiger partial charge in [-0.15, -0.1) is 5.10 Å². The molecule has 0 saturated carbocycles. The summed E-state index contributed by atoms with van der Waals surface area (Å²) in [6, 6.07) is 11.1. The number of hydrogen-bond acceptors (Lipinski definition) is 5. The van der Waals surface area contributed by atoms with Crippen LogP contribution in [0.3, 0.4) is 0 Å². The summed E-state index contributed by atoms with van der Waals surface area (Å²) in [4.78, 5) is 0. The topological polar surface area (TPSA) is 55.6 Å². The third kappa shape index (κ3) is 4.94. The maximum atomic E-state index is 3.95. The van der Waals surface area contributed by atoms with Crippen molar-refractivity contribution in [1.82, 2.24) is 25.5 Å². The Labute approximate surface area is 124 Å². The van der Waals surface area contributed by atoms with Gasteiger partial charge in [-0.25, -0.2) is 4.68 Å². The summed E-state index contributed by atoms with van der Waals surface area (Å²) in [5, 5.41) is 15.8. The second-order valence-corrected chi connectivity index (χ2v) is 5.88. The van der Waals surface area contributed by atoms with Gasteiger partial charge in [0.1, 0.15) is 0 Å². The average Bonchev–Trinajstić information content (AvgIpc) is 2.88. The molecule has 20 heavy (non-hydrogen) atoms. The number of thioether (sulfide) groups is 1. The van der Waals surface area contributed by atoms with Gasteiger partial charge >= 0.3 is 0 Å². The highest BCUT2D eigenvalue weighted by Gasteiger charge is 2.04. The molecular formula is C14H21N5S. The van der Waals surface area contributed by atoms with Crippen LogP contribution in [0.5, 0.6) is 0 Å². The van der Waals surface area contributed by atoms with Crippen LogP contribution >= 0.6 is 11.8 Å². The van der Waals surface area contributed by atoms with Crippen molar-refractivity contribution in [3.63, 3.8) is 0 Å². The lowest BCUT2D eigenvalue weighted by atomic mass is 10.1. The van der Waals surface area contributed by atoms with Crippen LogP contribution in [0.4, 0.5) is 0 Å². The van der Waals surface area contributed by atoms with E-state index in [1.54, 1.807) is 16.4 Å². The molecule has 1 heterocycles. The van der Waals surface area contributed by atoms with E-state index in [2.05, 4.69) is 58.1 Å². The predicted molar refractivity (Wildman–Crippen MR) is 81.7 cm³/mol. The molecule has 6 heteroatoms. The molecule has 5 nitrogen and oxygen atoms in total. The number of rotatable bonds is 8. The zero-order valence-corrected chi connectivity index (χ0v) is 12.8. The molecule has 0 fully saturated rings. The Balaban J connectivity index is 1.58. The maximum absolute atomic E-state index is 3.95. The van der Waals surface area contributed by atoms with Crippen molar-refractivity contribution in [3.8, 4) is 0 Å². The summed E-state index contributed by atoms with van der Waals surface area (Å²) < 4.78 is 1.70. The van der Waals surface area contributed by atoms with Gasteiger partial charge in [-0.2, -0.15) is 0 Å². The summed E-state index contributed by atoms with van der Waals surface area (Å²) in [5.74, 6) is 0.976. The molecule has 1 atom stereocenters. The molecule has 1 aromatic heterocycles. The Morgan fingerprint density at radius 2 is 2.10 bits per heavy atom. The third-order valence-corrected chi connectivity index (χ3v) is 4.13. The van der Waals surface area contributed by atoms with Gasteiger partial charge in [0.2, 0.25) is 5.16 Å². The van der Waals surface area contributed by atoms with Crippen LogP contribution in [-0.2, 0) is 13.5 Å². The Morgan fingerprint density at radius 3 is 2.80 bits per heavy atom. The van der Waals surface area contributed by atoms with Gasteiger partial charge < -0.3 is 5.32 Å². The van der Waals surface area contributed by atoms with E-state index in [9.17, 15) is 0 Å². The molecule has 0 unspecified atom stereocenters. The first-order valence-electron chi connectivity index (χ1n) is 6.88. The second-order valence-electron chi connectivity index (χ2n) is 4.81.